The third-order valence-electron chi connectivity index (χ3n) is 4.18. The molecule has 0 atom stereocenters. The van der Waals surface area contributed by atoms with Gasteiger partial charge in [-0.15, -0.1) is 0 Å². The Morgan fingerprint density at radius 3 is 2.21 bits per heavy atom. The second-order valence-electron chi connectivity index (χ2n) is 6.20. The van der Waals surface area contributed by atoms with Crippen molar-refractivity contribution in [3.05, 3.63) is 29.8 Å². The first-order valence-electron chi connectivity index (χ1n) is 8.54. The summed E-state index contributed by atoms with van der Waals surface area (Å²) in [6.07, 6.45) is -0.298. The van der Waals surface area contributed by atoms with Crippen LogP contribution in [0.15, 0.2) is 24.3 Å². The van der Waals surface area contributed by atoms with E-state index in [1.807, 2.05) is 12.1 Å². The molecule has 0 saturated carbocycles. The zero-order chi connectivity index (χ0) is 17.5. The van der Waals surface area contributed by atoms with E-state index < -0.39 is 0 Å². The highest BCUT2D eigenvalue weighted by Crippen LogP contribution is 2.17. The maximum absolute atomic E-state index is 12.3. The molecule has 0 bridgehead atoms. The number of piperazine rings is 1. The van der Waals surface area contributed by atoms with Crippen molar-refractivity contribution >= 4 is 17.7 Å². The van der Waals surface area contributed by atoms with E-state index in [2.05, 4.69) is 31.3 Å². The molecule has 1 aliphatic rings. The van der Waals surface area contributed by atoms with Gasteiger partial charge in [0.05, 0.1) is 13.2 Å². The average Bonchev–Trinajstić information content (AvgIpc) is 2.60. The summed E-state index contributed by atoms with van der Waals surface area (Å²) in [5, 5.41) is 3.17. The Hall–Kier alpha value is -2.24. The van der Waals surface area contributed by atoms with Crippen LogP contribution in [0.3, 0.4) is 0 Å². The lowest BCUT2D eigenvalue weighted by atomic mass is 10.0. The van der Waals surface area contributed by atoms with Gasteiger partial charge in [0.25, 0.3) is 0 Å². The summed E-state index contributed by atoms with van der Waals surface area (Å²) in [5.41, 5.74) is 2.22. The normalized spacial score (nSPS) is 14.7. The highest BCUT2D eigenvalue weighted by atomic mass is 16.6. The fourth-order valence-electron chi connectivity index (χ4n) is 2.63. The number of amides is 2. The molecule has 0 spiro atoms. The first-order chi connectivity index (χ1) is 11.5. The van der Waals surface area contributed by atoms with Crippen molar-refractivity contribution in [2.24, 2.45) is 0 Å². The van der Waals surface area contributed by atoms with Crippen molar-refractivity contribution in [3.63, 3.8) is 0 Å². The Kier molecular flexibility index (Phi) is 6.46. The molecule has 1 aromatic carbocycles. The van der Waals surface area contributed by atoms with Gasteiger partial charge < -0.3 is 19.9 Å². The standard InChI is InChI=1S/C18H27N3O3/c1-4-24-18(23)21-11-9-20(10-12-21)17(22)13-19-16-7-5-15(6-8-16)14(2)3/h5-8,14,19H,4,9-13H2,1-3H3. The number of carbonyl (C=O) groups excluding carboxylic acids is 2. The number of hydrogen-bond acceptors (Lipinski definition) is 4. The number of rotatable bonds is 5. The van der Waals surface area contributed by atoms with Crippen LogP contribution in [0.1, 0.15) is 32.3 Å². The quantitative estimate of drug-likeness (QED) is 0.899. The highest BCUT2D eigenvalue weighted by Gasteiger charge is 2.24. The van der Waals surface area contributed by atoms with E-state index in [1.165, 1.54) is 5.56 Å². The van der Waals surface area contributed by atoms with Gasteiger partial charge in [0.1, 0.15) is 0 Å². The smallest absolute Gasteiger partial charge is 0.409 e. The monoisotopic (exact) mass is 333 g/mol. The van der Waals surface area contributed by atoms with Gasteiger partial charge in [0, 0.05) is 31.9 Å². The number of ether oxygens (including phenoxy) is 1. The van der Waals surface area contributed by atoms with E-state index in [0.717, 1.165) is 5.69 Å². The minimum absolute atomic E-state index is 0.0476. The van der Waals surface area contributed by atoms with Crippen LogP contribution < -0.4 is 5.32 Å². The van der Waals surface area contributed by atoms with Gasteiger partial charge in [-0.3, -0.25) is 4.79 Å². The molecule has 24 heavy (non-hydrogen) atoms. The first kappa shape index (κ1) is 18.1. The molecule has 1 aliphatic heterocycles. The lowest BCUT2D eigenvalue weighted by Crippen LogP contribution is -2.51. The Labute approximate surface area is 143 Å². The average molecular weight is 333 g/mol. The summed E-state index contributed by atoms with van der Waals surface area (Å²) in [7, 11) is 0. The molecule has 132 valence electrons. The maximum Gasteiger partial charge on any atom is 0.409 e. The van der Waals surface area contributed by atoms with Crippen LogP contribution in [-0.2, 0) is 9.53 Å². The molecule has 0 aliphatic carbocycles. The van der Waals surface area contributed by atoms with Gasteiger partial charge in [0.15, 0.2) is 0 Å². The Morgan fingerprint density at radius 1 is 1.08 bits per heavy atom. The number of nitrogens with one attached hydrogen (secondary N) is 1. The lowest BCUT2D eigenvalue weighted by Gasteiger charge is -2.34. The molecule has 1 N–H and O–H groups in total. The van der Waals surface area contributed by atoms with E-state index in [-0.39, 0.29) is 18.5 Å². The SMILES string of the molecule is CCOC(=O)N1CCN(C(=O)CNc2ccc(C(C)C)cc2)CC1. The molecular formula is C18H27N3O3. The van der Waals surface area contributed by atoms with E-state index in [1.54, 1.807) is 16.7 Å². The van der Waals surface area contributed by atoms with Gasteiger partial charge in [-0.25, -0.2) is 4.79 Å². The summed E-state index contributed by atoms with van der Waals surface area (Å²) in [5.74, 6) is 0.544. The van der Waals surface area contributed by atoms with Crippen LogP contribution in [0.4, 0.5) is 10.5 Å². The zero-order valence-corrected chi connectivity index (χ0v) is 14.7. The molecule has 2 rings (SSSR count). The van der Waals surface area contributed by atoms with Crippen molar-refractivity contribution in [1.29, 1.82) is 0 Å². The third kappa shape index (κ3) is 4.88. The van der Waals surface area contributed by atoms with Crippen LogP contribution in [-0.4, -0.2) is 61.1 Å². The molecule has 6 nitrogen and oxygen atoms in total. The summed E-state index contributed by atoms with van der Waals surface area (Å²) in [6, 6.07) is 8.16. The van der Waals surface area contributed by atoms with Crippen LogP contribution in [0.5, 0.6) is 0 Å². The van der Waals surface area contributed by atoms with Crippen LogP contribution >= 0.6 is 0 Å². The van der Waals surface area contributed by atoms with E-state index in [4.69, 9.17) is 4.74 Å². The molecule has 0 radical (unpaired) electrons. The second kappa shape index (κ2) is 8.57. The summed E-state index contributed by atoms with van der Waals surface area (Å²) in [4.78, 5) is 27.4. The maximum atomic E-state index is 12.3. The first-order valence-corrected chi connectivity index (χ1v) is 8.54. The van der Waals surface area contributed by atoms with Crippen molar-refractivity contribution in [2.75, 3.05) is 44.6 Å². The Morgan fingerprint density at radius 2 is 1.67 bits per heavy atom. The summed E-state index contributed by atoms with van der Waals surface area (Å²) < 4.78 is 4.98. The predicted octanol–water partition coefficient (Wildman–Crippen LogP) is 2.52. The summed E-state index contributed by atoms with van der Waals surface area (Å²) >= 11 is 0. The number of anilines is 1. The van der Waals surface area contributed by atoms with Crippen molar-refractivity contribution in [1.82, 2.24) is 9.80 Å². The number of benzene rings is 1. The van der Waals surface area contributed by atoms with Crippen LogP contribution in [0, 0.1) is 0 Å². The number of hydrogen-bond donors (Lipinski definition) is 1. The fraction of sp³-hybridized carbons (Fsp3) is 0.556. The molecule has 6 heteroatoms. The van der Waals surface area contributed by atoms with Gasteiger partial charge >= 0.3 is 6.09 Å². The molecule has 0 aromatic heterocycles. The van der Waals surface area contributed by atoms with Crippen molar-refractivity contribution in [3.8, 4) is 0 Å². The molecule has 1 fully saturated rings. The molecule has 1 aromatic rings. The third-order valence-corrected chi connectivity index (χ3v) is 4.18. The lowest BCUT2D eigenvalue weighted by molar-refractivity contribution is -0.130. The second-order valence-corrected chi connectivity index (χ2v) is 6.20. The minimum atomic E-state index is -0.298. The zero-order valence-electron chi connectivity index (χ0n) is 14.7. The van der Waals surface area contributed by atoms with Gasteiger partial charge in [-0.2, -0.15) is 0 Å². The summed E-state index contributed by atoms with van der Waals surface area (Å²) in [6.45, 7) is 8.87. The topological polar surface area (TPSA) is 61.9 Å². The Bertz CT molecular complexity index is 549. The van der Waals surface area contributed by atoms with E-state index >= 15 is 0 Å². The largest absolute Gasteiger partial charge is 0.450 e. The molecule has 1 heterocycles. The Balaban J connectivity index is 1.76. The van der Waals surface area contributed by atoms with Gasteiger partial charge in [-0.1, -0.05) is 26.0 Å². The minimum Gasteiger partial charge on any atom is -0.450 e. The molecule has 0 unspecified atom stereocenters. The van der Waals surface area contributed by atoms with E-state index in [0.29, 0.717) is 38.7 Å². The van der Waals surface area contributed by atoms with Crippen LogP contribution in [0.2, 0.25) is 0 Å². The molecule has 2 amide bonds. The number of nitrogens with zero attached hydrogens (tertiary/aromatic N) is 2. The highest BCUT2D eigenvalue weighted by molar-refractivity contribution is 5.81. The van der Waals surface area contributed by atoms with Crippen molar-refractivity contribution < 1.29 is 14.3 Å². The van der Waals surface area contributed by atoms with Crippen LogP contribution in [0.25, 0.3) is 0 Å². The predicted molar refractivity (Wildman–Crippen MR) is 94.2 cm³/mol. The van der Waals surface area contributed by atoms with Gasteiger partial charge in [0.2, 0.25) is 5.91 Å². The van der Waals surface area contributed by atoms with Gasteiger partial charge in [-0.05, 0) is 30.5 Å². The fourth-order valence-corrected chi connectivity index (χ4v) is 2.63. The number of carbonyl (C=O) groups is 2. The molecule has 1 saturated heterocycles. The van der Waals surface area contributed by atoms with Crippen molar-refractivity contribution in [2.45, 2.75) is 26.7 Å². The molecular weight excluding hydrogens is 306 g/mol. The van der Waals surface area contributed by atoms with E-state index in [9.17, 15) is 9.59 Å².